The van der Waals surface area contributed by atoms with Crippen molar-refractivity contribution in [3.63, 3.8) is 0 Å². The number of aliphatic hydroxyl groups is 1. The Morgan fingerprint density at radius 3 is 2.60 bits per heavy atom. The lowest BCUT2D eigenvalue weighted by Crippen LogP contribution is -2.33. The van der Waals surface area contributed by atoms with E-state index in [9.17, 15) is 4.79 Å². The van der Waals surface area contributed by atoms with Crippen molar-refractivity contribution in [2.24, 2.45) is 5.92 Å². The van der Waals surface area contributed by atoms with E-state index < -0.39 is 18.0 Å². The van der Waals surface area contributed by atoms with E-state index in [1.807, 2.05) is 0 Å². The SMILES string of the molecule is O=C(O)[C@H]1COC[C@H](O)C1. The van der Waals surface area contributed by atoms with Crippen molar-refractivity contribution in [2.45, 2.75) is 12.5 Å². The molecule has 0 aliphatic carbocycles. The van der Waals surface area contributed by atoms with E-state index >= 15 is 0 Å². The highest BCUT2D eigenvalue weighted by molar-refractivity contribution is 5.70. The lowest BCUT2D eigenvalue weighted by atomic mass is 10.0. The van der Waals surface area contributed by atoms with Crippen molar-refractivity contribution < 1.29 is 19.7 Å². The maximum atomic E-state index is 10.3. The Labute approximate surface area is 58.4 Å². The van der Waals surface area contributed by atoms with Gasteiger partial charge in [0.05, 0.1) is 25.2 Å². The van der Waals surface area contributed by atoms with Crippen LogP contribution in [0.15, 0.2) is 0 Å². The fourth-order valence-corrected chi connectivity index (χ4v) is 0.983. The molecule has 1 saturated heterocycles. The zero-order valence-electron chi connectivity index (χ0n) is 5.49. The predicted octanol–water partition coefficient (Wildman–Crippen LogP) is -0.532. The van der Waals surface area contributed by atoms with Gasteiger partial charge in [-0.25, -0.2) is 0 Å². The van der Waals surface area contributed by atoms with Gasteiger partial charge in [0, 0.05) is 0 Å². The molecule has 0 radical (unpaired) electrons. The highest BCUT2D eigenvalue weighted by atomic mass is 16.5. The summed E-state index contributed by atoms with van der Waals surface area (Å²) in [5, 5.41) is 17.4. The first-order valence-electron chi connectivity index (χ1n) is 3.18. The number of aliphatic carboxylic acids is 1. The average molecular weight is 146 g/mol. The monoisotopic (exact) mass is 146 g/mol. The molecule has 4 heteroatoms. The fraction of sp³-hybridized carbons (Fsp3) is 0.833. The third kappa shape index (κ3) is 1.68. The van der Waals surface area contributed by atoms with Crippen molar-refractivity contribution in [1.29, 1.82) is 0 Å². The third-order valence-electron chi connectivity index (χ3n) is 1.54. The second-order valence-corrected chi connectivity index (χ2v) is 2.46. The summed E-state index contributed by atoms with van der Waals surface area (Å²) < 4.78 is 4.82. The summed E-state index contributed by atoms with van der Waals surface area (Å²) in [4.78, 5) is 10.3. The van der Waals surface area contributed by atoms with Gasteiger partial charge in [0.15, 0.2) is 0 Å². The van der Waals surface area contributed by atoms with Gasteiger partial charge in [-0.2, -0.15) is 0 Å². The molecule has 0 aromatic rings. The topological polar surface area (TPSA) is 66.8 Å². The minimum atomic E-state index is -0.890. The number of ether oxygens (including phenoxy) is 1. The molecule has 0 unspecified atom stereocenters. The molecule has 1 fully saturated rings. The summed E-state index contributed by atoms with van der Waals surface area (Å²) in [6.45, 7) is 0.496. The van der Waals surface area contributed by atoms with Crippen LogP contribution in [0, 0.1) is 5.92 Å². The van der Waals surface area contributed by atoms with Crippen LogP contribution in [-0.4, -0.2) is 35.5 Å². The number of aliphatic hydroxyl groups excluding tert-OH is 1. The van der Waals surface area contributed by atoms with Crippen molar-refractivity contribution in [1.82, 2.24) is 0 Å². The number of carboxylic acid groups (broad SMARTS) is 1. The maximum Gasteiger partial charge on any atom is 0.308 e. The molecule has 1 aliphatic rings. The Balaban J connectivity index is 2.39. The molecule has 0 saturated carbocycles. The van der Waals surface area contributed by atoms with Crippen LogP contribution in [0.1, 0.15) is 6.42 Å². The summed E-state index contributed by atoms with van der Waals surface area (Å²) in [7, 11) is 0. The lowest BCUT2D eigenvalue weighted by molar-refractivity contribution is -0.149. The zero-order chi connectivity index (χ0) is 7.56. The molecule has 4 nitrogen and oxygen atoms in total. The van der Waals surface area contributed by atoms with Gasteiger partial charge in [-0.05, 0) is 6.42 Å². The molecule has 10 heavy (non-hydrogen) atoms. The van der Waals surface area contributed by atoms with Gasteiger partial charge in [0.2, 0.25) is 0 Å². The molecule has 0 aromatic heterocycles. The van der Waals surface area contributed by atoms with Crippen molar-refractivity contribution in [2.75, 3.05) is 13.2 Å². The number of hydrogen-bond acceptors (Lipinski definition) is 3. The summed E-state index contributed by atoms with van der Waals surface area (Å²) in [5.41, 5.74) is 0. The highest BCUT2D eigenvalue weighted by Crippen LogP contribution is 2.13. The Bertz CT molecular complexity index is 134. The average Bonchev–Trinajstić information content (AvgIpc) is 1.88. The van der Waals surface area contributed by atoms with Gasteiger partial charge < -0.3 is 14.9 Å². The molecule has 1 rings (SSSR count). The molecule has 1 heterocycles. The lowest BCUT2D eigenvalue weighted by Gasteiger charge is -2.22. The number of carbonyl (C=O) groups is 1. The zero-order valence-corrected chi connectivity index (χ0v) is 5.49. The van der Waals surface area contributed by atoms with Crippen molar-refractivity contribution in [3.05, 3.63) is 0 Å². The largest absolute Gasteiger partial charge is 0.481 e. The molecule has 2 N–H and O–H groups in total. The van der Waals surface area contributed by atoms with Gasteiger partial charge in [-0.15, -0.1) is 0 Å². The van der Waals surface area contributed by atoms with Crippen LogP contribution in [0.25, 0.3) is 0 Å². The molecule has 0 amide bonds. The second kappa shape index (κ2) is 2.98. The van der Waals surface area contributed by atoms with Gasteiger partial charge >= 0.3 is 5.97 Å². The van der Waals surface area contributed by atoms with Crippen LogP contribution >= 0.6 is 0 Å². The molecule has 2 atom stereocenters. The summed E-state index contributed by atoms with van der Waals surface area (Å²) >= 11 is 0. The van der Waals surface area contributed by atoms with Crippen LogP contribution in [0.5, 0.6) is 0 Å². The van der Waals surface area contributed by atoms with E-state index in [-0.39, 0.29) is 13.2 Å². The normalized spacial score (nSPS) is 33.7. The van der Waals surface area contributed by atoms with Crippen LogP contribution in [0.2, 0.25) is 0 Å². The Morgan fingerprint density at radius 1 is 1.50 bits per heavy atom. The quantitative estimate of drug-likeness (QED) is 0.521. The van der Waals surface area contributed by atoms with Crippen molar-refractivity contribution in [3.8, 4) is 0 Å². The number of carboxylic acids is 1. The number of rotatable bonds is 1. The van der Waals surface area contributed by atoms with E-state index in [4.69, 9.17) is 14.9 Å². The highest BCUT2D eigenvalue weighted by Gasteiger charge is 2.25. The molecule has 0 bridgehead atoms. The minimum absolute atomic E-state index is 0.229. The van der Waals surface area contributed by atoms with E-state index in [0.29, 0.717) is 6.42 Å². The van der Waals surface area contributed by atoms with Gasteiger partial charge in [-0.3, -0.25) is 4.79 Å². The Hall–Kier alpha value is -0.610. The minimum Gasteiger partial charge on any atom is -0.481 e. The van der Waals surface area contributed by atoms with Crippen LogP contribution in [0.3, 0.4) is 0 Å². The Morgan fingerprint density at radius 2 is 2.20 bits per heavy atom. The third-order valence-corrected chi connectivity index (χ3v) is 1.54. The smallest absolute Gasteiger partial charge is 0.308 e. The Kier molecular flexibility index (Phi) is 2.24. The van der Waals surface area contributed by atoms with E-state index in [1.165, 1.54) is 0 Å². The molecule has 1 aliphatic heterocycles. The van der Waals surface area contributed by atoms with Gasteiger partial charge in [-0.1, -0.05) is 0 Å². The van der Waals surface area contributed by atoms with Crippen molar-refractivity contribution >= 4 is 5.97 Å². The first-order valence-corrected chi connectivity index (χ1v) is 3.18. The fourth-order valence-electron chi connectivity index (χ4n) is 0.983. The van der Waals surface area contributed by atoms with E-state index in [0.717, 1.165) is 0 Å². The summed E-state index contributed by atoms with van der Waals surface area (Å²) in [5.74, 6) is -1.41. The van der Waals surface area contributed by atoms with Crippen LogP contribution < -0.4 is 0 Å². The van der Waals surface area contributed by atoms with E-state index in [2.05, 4.69) is 0 Å². The van der Waals surface area contributed by atoms with E-state index in [1.54, 1.807) is 0 Å². The molecule has 58 valence electrons. The standard InChI is InChI=1S/C6H10O4/c7-5-1-4(6(8)9)2-10-3-5/h4-5,7H,1-3H2,(H,8,9)/t4-,5-/m1/s1. The second-order valence-electron chi connectivity index (χ2n) is 2.46. The molecule has 0 aromatic carbocycles. The first kappa shape index (κ1) is 7.50. The summed E-state index contributed by atoms with van der Waals surface area (Å²) in [6.07, 6.45) is -0.287. The maximum absolute atomic E-state index is 10.3. The molecular weight excluding hydrogens is 136 g/mol. The van der Waals surface area contributed by atoms with Crippen LogP contribution in [0.4, 0.5) is 0 Å². The van der Waals surface area contributed by atoms with Crippen LogP contribution in [-0.2, 0) is 9.53 Å². The predicted molar refractivity (Wildman–Crippen MR) is 32.6 cm³/mol. The summed E-state index contributed by atoms with van der Waals surface area (Å²) in [6, 6.07) is 0. The molecular formula is C6H10O4. The van der Waals surface area contributed by atoms with Gasteiger partial charge in [0.1, 0.15) is 0 Å². The first-order chi connectivity index (χ1) is 4.70. The molecule has 0 spiro atoms. The number of hydrogen-bond donors (Lipinski definition) is 2. The van der Waals surface area contributed by atoms with Gasteiger partial charge in [0.25, 0.3) is 0 Å².